The second-order valence-electron chi connectivity index (χ2n) is 4.60. The van der Waals surface area contributed by atoms with Crippen LogP contribution >= 0.6 is 0 Å². The third kappa shape index (κ3) is 4.96. The first kappa shape index (κ1) is 17.9. The average Bonchev–Trinajstić information content (AvgIpc) is 2.50. The lowest BCUT2D eigenvalue weighted by Crippen LogP contribution is -2.34. The maximum absolute atomic E-state index is 12.2. The summed E-state index contributed by atoms with van der Waals surface area (Å²) in [7, 11) is -1.99. The molecule has 0 saturated carbocycles. The number of nitrogens with zero attached hydrogens (tertiary/aromatic N) is 1. The van der Waals surface area contributed by atoms with Gasteiger partial charge in [-0.2, -0.15) is 0 Å². The molecule has 0 radical (unpaired) electrons. The molecule has 0 atom stereocenters. The summed E-state index contributed by atoms with van der Waals surface area (Å²) in [6.45, 7) is 7.20. The molecule has 120 valence electrons. The Hall–Kier alpha value is -1.15. The summed E-state index contributed by atoms with van der Waals surface area (Å²) in [5, 5.41) is 0. The molecule has 0 aliphatic rings. The van der Waals surface area contributed by atoms with Gasteiger partial charge in [-0.15, -0.1) is 0 Å². The predicted molar refractivity (Wildman–Crippen MR) is 83.9 cm³/mol. The summed E-state index contributed by atoms with van der Waals surface area (Å²) >= 11 is 0. The van der Waals surface area contributed by atoms with E-state index in [0.717, 1.165) is 13.1 Å². The Balaban J connectivity index is 2.78. The van der Waals surface area contributed by atoms with Gasteiger partial charge in [0.1, 0.15) is 5.75 Å². The topological polar surface area (TPSA) is 84.7 Å². The number of nitrogens with two attached hydrogens (primary N) is 1. The molecule has 0 bridgehead atoms. The van der Waals surface area contributed by atoms with Gasteiger partial charge < -0.3 is 15.4 Å². The van der Waals surface area contributed by atoms with Crippen LogP contribution in [0.25, 0.3) is 0 Å². The first-order chi connectivity index (χ1) is 9.98. The second-order valence-corrected chi connectivity index (χ2v) is 6.37. The quantitative estimate of drug-likeness (QED) is 0.703. The minimum absolute atomic E-state index is 0.211. The maximum atomic E-state index is 12.2. The van der Waals surface area contributed by atoms with Crippen LogP contribution in [0.2, 0.25) is 0 Å². The SMILES string of the molecule is CCN(CC)CCNS(=O)(=O)c1ccc(OC)c(CN)c1. The number of benzene rings is 1. The molecule has 7 heteroatoms. The highest BCUT2D eigenvalue weighted by Gasteiger charge is 2.16. The second kappa shape index (κ2) is 8.33. The van der Waals surface area contributed by atoms with Gasteiger partial charge in [-0.25, -0.2) is 13.1 Å². The summed E-state index contributed by atoms with van der Waals surface area (Å²) in [4.78, 5) is 2.37. The number of hydrogen-bond acceptors (Lipinski definition) is 5. The van der Waals surface area contributed by atoms with Gasteiger partial charge in [0.05, 0.1) is 12.0 Å². The molecule has 6 nitrogen and oxygen atoms in total. The Morgan fingerprint density at radius 2 is 1.95 bits per heavy atom. The molecule has 0 amide bonds. The zero-order valence-corrected chi connectivity index (χ0v) is 13.7. The lowest BCUT2D eigenvalue weighted by molar-refractivity contribution is 0.309. The van der Waals surface area contributed by atoms with Crippen molar-refractivity contribution in [3.63, 3.8) is 0 Å². The van der Waals surface area contributed by atoms with Crippen LogP contribution in [0.4, 0.5) is 0 Å². The van der Waals surface area contributed by atoms with Crippen LogP contribution in [0.1, 0.15) is 19.4 Å². The van der Waals surface area contributed by atoms with Crippen molar-refractivity contribution in [3.8, 4) is 5.75 Å². The van der Waals surface area contributed by atoms with Gasteiger partial charge in [0, 0.05) is 25.2 Å². The number of methoxy groups -OCH3 is 1. The molecule has 0 aliphatic heterocycles. The van der Waals surface area contributed by atoms with Gasteiger partial charge in [-0.05, 0) is 31.3 Å². The van der Waals surface area contributed by atoms with E-state index in [-0.39, 0.29) is 11.4 Å². The fourth-order valence-corrected chi connectivity index (χ4v) is 3.11. The average molecular weight is 315 g/mol. The molecule has 3 N–H and O–H groups in total. The van der Waals surface area contributed by atoms with E-state index in [1.165, 1.54) is 13.2 Å². The van der Waals surface area contributed by atoms with E-state index < -0.39 is 10.0 Å². The highest BCUT2D eigenvalue weighted by molar-refractivity contribution is 7.89. The third-order valence-electron chi connectivity index (χ3n) is 3.40. The molecule has 1 aromatic rings. The van der Waals surface area contributed by atoms with E-state index in [2.05, 4.69) is 23.5 Å². The number of ether oxygens (including phenoxy) is 1. The number of sulfonamides is 1. The number of rotatable bonds is 9. The van der Waals surface area contributed by atoms with E-state index >= 15 is 0 Å². The van der Waals surface area contributed by atoms with E-state index in [4.69, 9.17) is 10.5 Å². The lowest BCUT2D eigenvalue weighted by Gasteiger charge is -2.18. The van der Waals surface area contributed by atoms with Crippen LogP contribution in [-0.4, -0.2) is 46.6 Å². The number of nitrogens with one attached hydrogen (secondary N) is 1. The van der Waals surface area contributed by atoms with E-state index in [0.29, 0.717) is 24.4 Å². The maximum Gasteiger partial charge on any atom is 0.240 e. The lowest BCUT2D eigenvalue weighted by atomic mass is 10.2. The Morgan fingerprint density at radius 1 is 1.29 bits per heavy atom. The van der Waals surface area contributed by atoms with Crippen molar-refractivity contribution in [3.05, 3.63) is 23.8 Å². The summed E-state index contributed by atoms with van der Waals surface area (Å²) in [5.41, 5.74) is 6.28. The van der Waals surface area contributed by atoms with Gasteiger partial charge in [0.25, 0.3) is 0 Å². The van der Waals surface area contributed by atoms with Gasteiger partial charge in [-0.1, -0.05) is 13.8 Å². The van der Waals surface area contributed by atoms with Gasteiger partial charge in [0.2, 0.25) is 10.0 Å². The van der Waals surface area contributed by atoms with Gasteiger partial charge in [-0.3, -0.25) is 0 Å². The summed E-state index contributed by atoms with van der Waals surface area (Å²) in [6, 6.07) is 4.71. The van der Waals surface area contributed by atoms with E-state index in [9.17, 15) is 8.42 Å². The van der Waals surface area contributed by atoms with Crippen molar-refractivity contribution in [2.75, 3.05) is 33.3 Å². The largest absolute Gasteiger partial charge is 0.496 e. The minimum atomic E-state index is -3.52. The normalized spacial score (nSPS) is 11.9. The first-order valence-electron chi connectivity index (χ1n) is 7.07. The Morgan fingerprint density at radius 3 is 2.48 bits per heavy atom. The molecule has 0 heterocycles. The highest BCUT2D eigenvalue weighted by atomic mass is 32.2. The number of hydrogen-bond donors (Lipinski definition) is 2. The van der Waals surface area contributed by atoms with Gasteiger partial charge >= 0.3 is 0 Å². The first-order valence-corrected chi connectivity index (χ1v) is 8.55. The van der Waals surface area contributed by atoms with Crippen LogP contribution in [-0.2, 0) is 16.6 Å². The van der Waals surface area contributed by atoms with Crippen LogP contribution in [0, 0.1) is 0 Å². The standard InChI is InChI=1S/C14H25N3O3S/c1-4-17(5-2)9-8-16-21(18,19)13-6-7-14(20-3)12(10-13)11-15/h6-7,10,16H,4-5,8-9,11,15H2,1-3H3. The van der Waals surface area contributed by atoms with Crippen LogP contribution < -0.4 is 15.2 Å². The minimum Gasteiger partial charge on any atom is -0.496 e. The monoisotopic (exact) mass is 315 g/mol. The van der Waals surface area contributed by atoms with Crippen molar-refractivity contribution in [2.24, 2.45) is 5.73 Å². The van der Waals surface area contributed by atoms with Crippen molar-refractivity contribution in [2.45, 2.75) is 25.3 Å². The van der Waals surface area contributed by atoms with E-state index in [1.807, 2.05) is 0 Å². The Labute approximate surface area is 127 Å². The zero-order valence-electron chi connectivity index (χ0n) is 12.9. The van der Waals surface area contributed by atoms with Gasteiger partial charge in [0.15, 0.2) is 0 Å². The smallest absolute Gasteiger partial charge is 0.240 e. The molecule has 1 aromatic carbocycles. The Bertz CT molecular complexity index is 542. The molecular formula is C14H25N3O3S. The summed E-state index contributed by atoms with van der Waals surface area (Å²) in [6.07, 6.45) is 0. The molecule has 0 fully saturated rings. The van der Waals surface area contributed by atoms with Crippen LogP contribution in [0.5, 0.6) is 5.75 Å². The molecule has 1 rings (SSSR count). The predicted octanol–water partition coefficient (Wildman–Crippen LogP) is 0.774. The van der Waals surface area contributed by atoms with Crippen LogP contribution in [0.15, 0.2) is 23.1 Å². The zero-order chi connectivity index (χ0) is 15.9. The highest BCUT2D eigenvalue weighted by Crippen LogP contribution is 2.21. The molecule has 0 aliphatic carbocycles. The summed E-state index contributed by atoms with van der Waals surface area (Å²) in [5.74, 6) is 0.597. The van der Waals surface area contributed by atoms with E-state index in [1.54, 1.807) is 12.1 Å². The third-order valence-corrected chi connectivity index (χ3v) is 4.86. The fourth-order valence-electron chi connectivity index (χ4n) is 2.04. The van der Waals surface area contributed by atoms with Crippen molar-refractivity contribution in [1.82, 2.24) is 9.62 Å². The molecule has 0 saturated heterocycles. The van der Waals surface area contributed by atoms with Crippen LogP contribution in [0.3, 0.4) is 0 Å². The molecule has 0 aromatic heterocycles. The summed E-state index contributed by atoms with van der Waals surface area (Å²) < 4.78 is 32.2. The van der Waals surface area contributed by atoms with Crippen molar-refractivity contribution in [1.29, 1.82) is 0 Å². The molecule has 21 heavy (non-hydrogen) atoms. The van der Waals surface area contributed by atoms with Crippen molar-refractivity contribution < 1.29 is 13.2 Å². The molecule has 0 unspecified atom stereocenters. The number of likely N-dealkylation sites (N-methyl/N-ethyl adjacent to an activating group) is 1. The Kier molecular flexibility index (Phi) is 7.10. The molecular weight excluding hydrogens is 290 g/mol. The molecule has 0 spiro atoms. The van der Waals surface area contributed by atoms with Crippen molar-refractivity contribution >= 4 is 10.0 Å². The fraction of sp³-hybridized carbons (Fsp3) is 0.571.